The summed E-state index contributed by atoms with van der Waals surface area (Å²) in [6.07, 6.45) is 52.2. The fourth-order valence-electron chi connectivity index (χ4n) is 5.75. The van der Waals surface area contributed by atoms with Crippen molar-refractivity contribution in [2.24, 2.45) is 0 Å². The smallest absolute Gasteiger partial charge is 0.457 e. The number of unbranched alkanes of at least 4 members (excludes halogenated alkanes) is 15. The standard InChI is InChI=1S/C48H86NO7P/c1-6-8-10-12-14-16-18-20-22-24-25-26-27-29-31-33-35-37-39-41-48(50)56-47(46-55-57(51,52)54-44-42-49(3,4)5)45-53-43-40-38-36-34-32-30-28-23-21-19-17-15-13-11-9-7-2/h8,10,14-17,20-23,25-26,47H,6-7,9,11-13,18-19,24,27-46H2,1-5H3/p+1/b10-8-,16-14-,17-15-,22-20-,23-21-,26-25-. The maximum absolute atomic E-state index is 12.7. The molecular weight excluding hydrogens is 734 g/mol. The average Bonchev–Trinajstić information content (AvgIpc) is 3.16. The molecule has 330 valence electrons. The van der Waals surface area contributed by atoms with Crippen molar-refractivity contribution < 1.29 is 37.3 Å². The van der Waals surface area contributed by atoms with E-state index in [1.807, 2.05) is 21.1 Å². The third-order valence-corrected chi connectivity index (χ3v) is 10.2. The summed E-state index contributed by atoms with van der Waals surface area (Å²) in [5.41, 5.74) is 0. The highest BCUT2D eigenvalue weighted by Gasteiger charge is 2.26. The summed E-state index contributed by atoms with van der Waals surface area (Å²) in [6.45, 7) is 5.42. The zero-order valence-corrected chi connectivity index (χ0v) is 38.2. The minimum atomic E-state index is -4.29. The highest BCUT2D eigenvalue weighted by Crippen LogP contribution is 2.43. The van der Waals surface area contributed by atoms with Crippen LogP contribution in [0.3, 0.4) is 0 Å². The first-order valence-corrected chi connectivity index (χ1v) is 24.2. The molecule has 0 aromatic carbocycles. The van der Waals surface area contributed by atoms with Crippen LogP contribution in [-0.4, -0.2) is 75.6 Å². The maximum Gasteiger partial charge on any atom is 0.472 e. The van der Waals surface area contributed by atoms with E-state index < -0.39 is 13.9 Å². The highest BCUT2D eigenvalue weighted by molar-refractivity contribution is 7.47. The van der Waals surface area contributed by atoms with Gasteiger partial charge in [-0.3, -0.25) is 13.8 Å². The number of quaternary nitrogens is 1. The average molecular weight is 821 g/mol. The number of carbonyl (C=O) groups excluding carboxylic acids is 1. The third-order valence-electron chi connectivity index (χ3n) is 9.25. The van der Waals surface area contributed by atoms with Crippen LogP contribution in [-0.2, 0) is 27.9 Å². The number of hydrogen-bond acceptors (Lipinski definition) is 6. The topological polar surface area (TPSA) is 91.3 Å². The second kappa shape index (κ2) is 40.7. The highest BCUT2D eigenvalue weighted by atomic mass is 31.2. The molecular formula is C48H87NO7P+. The Morgan fingerprint density at radius 3 is 1.53 bits per heavy atom. The van der Waals surface area contributed by atoms with Crippen molar-refractivity contribution in [1.29, 1.82) is 0 Å². The lowest BCUT2D eigenvalue weighted by atomic mass is 10.1. The molecule has 0 heterocycles. The Kier molecular flexibility index (Phi) is 39.2. The van der Waals surface area contributed by atoms with Gasteiger partial charge in [0.05, 0.1) is 34.4 Å². The van der Waals surface area contributed by atoms with E-state index in [1.165, 1.54) is 64.2 Å². The molecule has 9 heteroatoms. The van der Waals surface area contributed by atoms with E-state index >= 15 is 0 Å². The predicted molar refractivity (Wildman–Crippen MR) is 242 cm³/mol. The Hall–Kier alpha value is -2.06. The quantitative estimate of drug-likeness (QED) is 0.0216. The molecule has 0 aromatic heterocycles. The molecule has 0 amide bonds. The first-order chi connectivity index (χ1) is 27.6. The summed E-state index contributed by atoms with van der Waals surface area (Å²) in [4.78, 5) is 22.9. The van der Waals surface area contributed by atoms with Crippen molar-refractivity contribution in [3.8, 4) is 0 Å². The first-order valence-electron chi connectivity index (χ1n) is 22.7. The van der Waals surface area contributed by atoms with Crippen molar-refractivity contribution in [2.45, 2.75) is 174 Å². The van der Waals surface area contributed by atoms with Crippen LogP contribution >= 0.6 is 7.82 Å². The van der Waals surface area contributed by atoms with Crippen LogP contribution in [0.2, 0.25) is 0 Å². The molecule has 0 aliphatic carbocycles. The van der Waals surface area contributed by atoms with Crippen LogP contribution in [0.15, 0.2) is 72.9 Å². The molecule has 2 atom stereocenters. The number of phosphoric ester groups is 1. The monoisotopic (exact) mass is 821 g/mol. The molecule has 0 aliphatic rings. The summed E-state index contributed by atoms with van der Waals surface area (Å²) in [5.74, 6) is -0.334. The number of allylic oxidation sites excluding steroid dienone is 12. The van der Waals surface area contributed by atoms with Crippen molar-refractivity contribution in [3.63, 3.8) is 0 Å². The first kappa shape index (κ1) is 54.9. The molecule has 57 heavy (non-hydrogen) atoms. The van der Waals surface area contributed by atoms with Crippen LogP contribution in [0, 0.1) is 0 Å². The van der Waals surface area contributed by atoms with Gasteiger partial charge in [-0.2, -0.15) is 0 Å². The lowest BCUT2D eigenvalue weighted by Gasteiger charge is -2.24. The molecule has 0 saturated heterocycles. The second-order valence-electron chi connectivity index (χ2n) is 16.0. The molecule has 0 aliphatic heterocycles. The maximum atomic E-state index is 12.7. The number of phosphoric acid groups is 1. The Morgan fingerprint density at radius 1 is 0.561 bits per heavy atom. The number of nitrogens with zero attached hydrogens (tertiary/aromatic N) is 1. The van der Waals surface area contributed by atoms with Gasteiger partial charge in [0.15, 0.2) is 0 Å². The third kappa shape index (κ3) is 44.9. The molecule has 0 radical (unpaired) electrons. The molecule has 0 aromatic rings. The number of hydrogen-bond donors (Lipinski definition) is 1. The largest absolute Gasteiger partial charge is 0.472 e. The fraction of sp³-hybridized carbons (Fsp3) is 0.729. The van der Waals surface area contributed by atoms with Gasteiger partial charge in [0.25, 0.3) is 0 Å². The van der Waals surface area contributed by atoms with E-state index in [4.69, 9.17) is 18.5 Å². The van der Waals surface area contributed by atoms with E-state index in [0.717, 1.165) is 83.5 Å². The molecule has 0 bridgehead atoms. The molecule has 8 nitrogen and oxygen atoms in total. The van der Waals surface area contributed by atoms with E-state index in [1.54, 1.807) is 0 Å². The lowest BCUT2D eigenvalue weighted by molar-refractivity contribution is -0.870. The molecule has 1 N–H and O–H groups in total. The van der Waals surface area contributed by atoms with Crippen molar-refractivity contribution in [2.75, 3.05) is 54.1 Å². The predicted octanol–water partition coefficient (Wildman–Crippen LogP) is 13.5. The van der Waals surface area contributed by atoms with E-state index in [0.29, 0.717) is 24.1 Å². The van der Waals surface area contributed by atoms with Crippen LogP contribution in [0.5, 0.6) is 0 Å². The van der Waals surface area contributed by atoms with Gasteiger partial charge >= 0.3 is 13.8 Å². The summed E-state index contributed by atoms with van der Waals surface area (Å²) < 4.78 is 35.0. The van der Waals surface area contributed by atoms with E-state index in [9.17, 15) is 14.3 Å². The van der Waals surface area contributed by atoms with Gasteiger partial charge < -0.3 is 18.9 Å². The Morgan fingerprint density at radius 2 is 1.02 bits per heavy atom. The molecule has 0 saturated carbocycles. The number of rotatable bonds is 41. The van der Waals surface area contributed by atoms with Gasteiger partial charge in [-0.25, -0.2) is 4.57 Å². The molecule has 0 rings (SSSR count). The number of carbonyl (C=O) groups is 1. The van der Waals surface area contributed by atoms with Gasteiger partial charge in [-0.05, 0) is 83.5 Å². The van der Waals surface area contributed by atoms with Crippen molar-refractivity contribution in [3.05, 3.63) is 72.9 Å². The van der Waals surface area contributed by atoms with Crippen molar-refractivity contribution in [1.82, 2.24) is 0 Å². The van der Waals surface area contributed by atoms with Crippen LogP contribution in [0.1, 0.15) is 168 Å². The fourth-order valence-corrected chi connectivity index (χ4v) is 6.49. The van der Waals surface area contributed by atoms with Crippen LogP contribution in [0.25, 0.3) is 0 Å². The van der Waals surface area contributed by atoms with Gasteiger partial charge in [0.2, 0.25) is 0 Å². The number of esters is 1. The summed E-state index contributed by atoms with van der Waals surface area (Å²) in [7, 11) is 1.64. The van der Waals surface area contributed by atoms with Gasteiger partial charge in [-0.15, -0.1) is 0 Å². The number of ether oxygens (including phenoxy) is 2. The summed E-state index contributed by atoms with van der Waals surface area (Å²) >= 11 is 0. The summed E-state index contributed by atoms with van der Waals surface area (Å²) in [5, 5.41) is 0. The van der Waals surface area contributed by atoms with Gasteiger partial charge in [-0.1, -0.05) is 151 Å². The zero-order chi connectivity index (χ0) is 42.0. The Bertz CT molecular complexity index is 1140. The Labute approximate surface area is 351 Å². The zero-order valence-electron chi connectivity index (χ0n) is 37.3. The summed E-state index contributed by atoms with van der Waals surface area (Å²) in [6, 6.07) is 0. The van der Waals surface area contributed by atoms with Crippen molar-refractivity contribution >= 4 is 13.8 Å². The van der Waals surface area contributed by atoms with E-state index in [2.05, 4.69) is 86.8 Å². The van der Waals surface area contributed by atoms with E-state index in [-0.39, 0.29) is 25.8 Å². The molecule has 0 spiro atoms. The van der Waals surface area contributed by atoms with Crippen LogP contribution < -0.4 is 0 Å². The van der Waals surface area contributed by atoms with Crippen LogP contribution in [0.4, 0.5) is 0 Å². The molecule has 2 unspecified atom stereocenters. The normalized spacial score (nSPS) is 14.4. The second-order valence-corrected chi connectivity index (χ2v) is 17.5. The lowest BCUT2D eigenvalue weighted by Crippen LogP contribution is -2.37. The SMILES string of the molecule is CC/C=C\C/C=C\C/C=C\C/C=C\CCCCCCCCC(=O)OC(COCCCCCCCC/C=C\C/C=C\CCCCC)COP(=O)(O)OCC[N+](C)(C)C. The number of likely N-dealkylation sites (N-methyl/N-ethyl adjacent to an activating group) is 1. The molecule has 0 fully saturated rings. The Balaban J connectivity index is 4.28. The van der Waals surface area contributed by atoms with Gasteiger partial charge in [0.1, 0.15) is 19.3 Å². The van der Waals surface area contributed by atoms with Gasteiger partial charge in [0, 0.05) is 13.0 Å². The minimum Gasteiger partial charge on any atom is -0.457 e. The minimum absolute atomic E-state index is 0.0796.